The maximum absolute atomic E-state index is 12.9. The SMILES string of the molecule is CC(=O)c1cccc(NC(=O)N2CCCCC2C(C)NC(=O)OC(C)(C)C)c1. The van der Waals surface area contributed by atoms with Crippen molar-refractivity contribution in [3.8, 4) is 0 Å². The molecule has 2 rings (SSSR count). The number of ketones is 1. The summed E-state index contributed by atoms with van der Waals surface area (Å²) in [5.74, 6) is -0.0536. The minimum Gasteiger partial charge on any atom is -0.444 e. The quantitative estimate of drug-likeness (QED) is 0.756. The van der Waals surface area contributed by atoms with Gasteiger partial charge in [-0.3, -0.25) is 4.79 Å². The molecular weight excluding hydrogens is 358 g/mol. The zero-order chi connectivity index (χ0) is 20.9. The van der Waals surface area contributed by atoms with Gasteiger partial charge in [-0.05, 0) is 66.0 Å². The molecule has 0 aliphatic carbocycles. The number of anilines is 1. The Bertz CT molecular complexity index is 727. The maximum atomic E-state index is 12.9. The third-order valence-electron chi connectivity index (χ3n) is 4.65. The lowest BCUT2D eigenvalue weighted by molar-refractivity contribution is 0.0465. The monoisotopic (exact) mass is 389 g/mol. The largest absolute Gasteiger partial charge is 0.444 e. The van der Waals surface area contributed by atoms with Crippen LogP contribution in [0, 0.1) is 0 Å². The van der Waals surface area contributed by atoms with Crippen LogP contribution in [0.3, 0.4) is 0 Å². The number of hydrogen-bond acceptors (Lipinski definition) is 4. The number of carbonyl (C=O) groups is 3. The zero-order valence-electron chi connectivity index (χ0n) is 17.4. The Balaban J connectivity index is 2.05. The average molecular weight is 389 g/mol. The molecule has 0 saturated carbocycles. The number of carbonyl (C=O) groups excluding carboxylic acids is 3. The molecule has 7 nitrogen and oxygen atoms in total. The summed E-state index contributed by atoms with van der Waals surface area (Å²) in [5, 5.41) is 5.73. The number of nitrogens with one attached hydrogen (secondary N) is 2. The van der Waals surface area contributed by atoms with Gasteiger partial charge in [-0.25, -0.2) is 9.59 Å². The van der Waals surface area contributed by atoms with Gasteiger partial charge in [-0.2, -0.15) is 0 Å². The van der Waals surface area contributed by atoms with Crippen LogP contribution >= 0.6 is 0 Å². The molecule has 7 heteroatoms. The Kier molecular flexibility index (Phi) is 7.05. The number of ether oxygens (including phenoxy) is 1. The van der Waals surface area contributed by atoms with Gasteiger partial charge in [0.2, 0.25) is 0 Å². The van der Waals surface area contributed by atoms with E-state index in [9.17, 15) is 14.4 Å². The Morgan fingerprint density at radius 1 is 1.21 bits per heavy atom. The van der Waals surface area contributed by atoms with Crippen molar-refractivity contribution in [3.63, 3.8) is 0 Å². The molecule has 1 aromatic carbocycles. The number of urea groups is 1. The number of piperidine rings is 1. The molecule has 0 spiro atoms. The van der Waals surface area contributed by atoms with E-state index in [1.54, 1.807) is 29.2 Å². The van der Waals surface area contributed by atoms with Crippen LogP contribution in [-0.2, 0) is 4.74 Å². The Labute approximate surface area is 166 Å². The molecule has 2 unspecified atom stereocenters. The molecule has 0 bridgehead atoms. The van der Waals surface area contributed by atoms with Crippen LogP contribution in [0.25, 0.3) is 0 Å². The first kappa shape index (κ1) is 21.7. The number of nitrogens with zero attached hydrogens (tertiary/aromatic N) is 1. The molecule has 1 aliphatic rings. The van der Waals surface area contributed by atoms with Gasteiger partial charge in [0, 0.05) is 23.8 Å². The molecule has 2 N–H and O–H groups in total. The highest BCUT2D eigenvalue weighted by atomic mass is 16.6. The lowest BCUT2D eigenvalue weighted by atomic mass is 9.97. The van der Waals surface area contributed by atoms with Gasteiger partial charge < -0.3 is 20.3 Å². The molecule has 28 heavy (non-hydrogen) atoms. The van der Waals surface area contributed by atoms with Crippen molar-refractivity contribution in [2.24, 2.45) is 0 Å². The second-order valence-electron chi connectivity index (χ2n) is 8.26. The van der Waals surface area contributed by atoms with Crippen molar-refractivity contribution in [3.05, 3.63) is 29.8 Å². The van der Waals surface area contributed by atoms with Crippen LogP contribution in [0.15, 0.2) is 24.3 Å². The average Bonchev–Trinajstić information content (AvgIpc) is 2.60. The van der Waals surface area contributed by atoms with E-state index in [2.05, 4.69) is 10.6 Å². The second kappa shape index (κ2) is 9.08. The summed E-state index contributed by atoms with van der Waals surface area (Å²) >= 11 is 0. The fourth-order valence-electron chi connectivity index (χ4n) is 3.33. The molecule has 1 fully saturated rings. The number of alkyl carbamates (subject to hydrolysis) is 1. The molecule has 0 aromatic heterocycles. The topological polar surface area (TPSA) is 87.7 Å². The third kappa shape index (κ3) is 6.25. The van der Waals surface area contributed by atoms with Gasteiger partial charge in [0.05, 0.1) is 6.04 Å². The van der Waals surface area contributed by atoms with Crippen LogP contribution in [0.5, 0.6) is 0 Å². The summed E-state index contributed by atoms with van der Waals surface area (Å²) in [5.41, 5.74) is 0.553. The number of Topliss-reactive ketones (excluding diaryl/α,β-unsaturated/α-hetero) is 1. The second-order valence-corrected chi connectivity index (χ2v) is 8.26. The maximum Gasteiger partial charge on any atom is 0.407 e. The smallest absolute Gasteiger partial charge is 0.407 e. The van der Waals surface area contributed by atoms with E-state index in [-0.39, 0.29) is 23.9 Å². The van der Waals surface area contributed by atoms with Gasteiger partial charge in [0.1, 0.15) is 5.60 Å². The van der Waals surface area contributed by atoms with Gasteiger partial charge in [-0.15, -0.1) is 0 Å². The lowest BCUT2D eigenvalue weighted by Gasteiger charge is -2.39. The molecule has 3 amide bonds. The normalized spacial score (nSPS) is 18.2. The summed E-state index contributed by atoms with van der Waals surface area (Å²) < 4.78 is 5.33. The van der Waals surface area contributed by atoms with Crippen molar-refractivity contribution in [2.75, 3.05) is 11.9 Å². The molecule has 1 saturated heterocycles. The van der Waals surface area contributed by atoms with Crippen molar-refractivity contribution in [1.29, 1.82) is 0 Å². The van der Waals surface area contributed by atoms with E-state index in [0.717, 1.165) is 19.3 Å². The Hall–Kier alpha value is -2.57. The highest BCUT2D eigenvalue weighted by Gasteiger charge is 2.32. The number of likely N-dealkylation sites (tertiary alicyclic amines) is 1. The van der Waals surface area contributed by atoms with Gasteiger partial charge in [0.25, 0.3) is 0 Å². The predicted molar refractivity (Wildman–Crippen MR) is 109 cm³/mol. The van der Waals surface area contributed by atoms with Crippen molar-refractivity contribution in [1.82, 2.24) is 10.2 Å². The first-order valence-electron chi connectivity index (χ1n) is 9.75. The highest BCUT2D eigenvalue weighted by molar-refractivity contribution is 5.96. The third-order valence-corrected chi connectivity index (χ3v) is 4.65. The van der Waals surface area contributed by atoms with Crippen molar-refractivity contribution >= 4 is 23.6 Å². The zero-order valence-corrected chi connectivity index (χ0v) is 17.4. The fraction of sp³-hybridized carbons (Fsp3) is 0.571. The summed E-state index contributed by atoms with van der Waals surface area (Å²) in [4.78, 5) is 38.3. The van der Waals surface area contributed by atoms with Crippen LogP contribution in [0.2, 0.25) is 0 Å². The van der Waals surface area contributed by atoms with Gasteiger partial charge in [0.15, 0.2) is 5.78 Å². The first-order chi connectivity index (χ1) is 13.1. The number of hydrogen-bond donors (Lipinski definition) is 2. The molecule has 1 aliphatic heterocycles. The fourth-order valence-corrected chi connectivity index (χ4v) is 3.33. The predicted octanol–water partition coefficient (Wildman–Crippen LogP) is 4.19. The highest BCUT2D eigenvalue weighted by Crippen LogP contribution is 2.22. The number of rotatable bonds is 4. The van der Waals surface area contributed by atoms with E-state index >= 15 is 0 Å². The molecule has 154 valence electrons. The molecule has 0 radical (unpaired) electrons. The van der Waals surface area contributed by atoms with E-state index in [1.165, 1.54) is 6.92 Å². The molecule has 2 atom stereocenters. The van der Waals surface area contributed by atoms with Crippen molar-refractivity contribution in [2.45, 2.75) is 71.6 Å². The van der Waals surface area contributed by atoms with Crippen LogP contribution in [0.4, 0.5) is 15.3 Å². The minimum atomic E-state index is -0.574. The first-order valence-corrected chi connectivity index (χ1v) is 9.75. The molecular formula is C21H31N3O4. The van der Waals surface area contributed by atoms with Crippen LogP contribution < -0.4 is 10.6 Å². The Morgan fingerprint density at radius 3 is 2.57 bits per heavy atom. The van der Waals surface area contributed by atoms with Crippen LogP contribution in [0.1, 0.15) is 64.2 Å². The number of benzene rings is 1. The standard InChI is InChI=1S/C21H31N3O4/c1-14(22-20(27)28-21(3,4)5)18-11-6-7-12-24(18)19(26)23-17-10-8-9-16(13-17)15(2)25/h8-10,13-14,18H,6-7,11-12H2,1-5H3,(H,22,27)(H,23,26). The summed E-state index contributed by atoms with van der Waals surface area (Å²) in [6.45, 7) is 9.43. The summed E-state index contributed by atoms with van der Waals surface area (Å²) in [7, 11) is 0. The number of amides is 3. The van der Waals surface area contributed by atoms with E-state index in [1.807, 2.05) is 27.7 Å². The van der Waals surface area contributed by atoms with Gasteiger partial charge in [-0.1, -0.05) is 12.1 Å². The Morgan fingerprint density at radius 2 is 1.93 bits per heavy atom. The van der Waals surface area contributed by atoms with Crippen molar-refractivity contribution < 1.29 is 19.1 Å². The molecule has 1 aromatic rings. The lowest BCUT2D eigenvalue weighted by Crippen LogP contribution is -2.55. The minimum absolute atomic E-state index is 0.0536. The summed E-state index contributed by atoms with van der Waals surface area (Å²) in [6, 6.07) is 6.28. The van der Waals surface area contributed by atoms with E-state index in [4.69, 9.17) is 4.74 Å². The van der Waals surface area contributed by atoms with E-state index in [0.29, 0.717) is 17.8 Å². The van der Waals surface area contributed by atoms with Crippen LogP contribution in [-0.4, -0.2) is 47.0 Å². The molecule has 1 heterocycles. The van der Waals surface area contributed by atoms with E-state index < -0.39 is 11.7 Å². The summed E-state index contributed by atoms with van der Waals surface area (Å²) in [6.07, 6.45) is 2.23. The van der Waals surface area contributed by atoms with Gasteiger partial charge >= 0.3 is 12.1 Å².